The van der Waals surface area contributed by atoms with Crippen molar-refractivity contribution in [2.75, 3.05) is 6.16 Å². The van der Waals surface area contributed by atoms with E-state index in [9.17, 15) is 19.4 Å². The molecule has 0 amide bonds. The van der Waals surface area contributed by atoms with Gasteiger partial charge in [-0.25, -0.2) is 0 Å². The van der Waals surface area contributed by atoms with Crippen LogP contribution in [0.1, 0.15) is 29.6 Å². The number of hydrogen-bond donors (Lipinski definition) is 2. The highest BCUT2D eigenvalue weighted by molar-refractivity contribution is 7.58. The molecule has 3 atom stereocenters. The molecular weight excluding hydrogens is 301 g/mol. The third-order valence-electron chi connectivity index (χ3n) is 3.72. The second-order valence-corrected chi connectivity index (χ2v) is 7.85. The van der Waals surface area contributed by atoms with Crippen LogP contribution >= 0.6 is 7.37 Å². The molecule has 22 heavy (non-hydrogen) atoms. The molecule has 0 aliphatic heterocycles. The van der Waals surface area contributed by atoms with Crippen LogP contribution in [0.25, 0.3) is 0 Å². The third kappa shape index (κ3) is 3.81. The Morgan fingerprint density at radius 1 is 1.18 bits per heavy atom. The molecule has 6 heteroatoms. The molecule has 0 aliphatic rings. The minimum Gasteiger partial charge on any atom is -0.481 e. The van der Waals surface area contributed by atoms with Crippen molar-refractivity contribution < 1.29 is 19.4 Å². The van der Waals surface area contributed by atoms with Crippen LogP contribution in [0, 0.1) is 0 Å². The van der Waals surface area contributed by atoms with Gasteiger partial charge in [0.2, 0.25) is 7.37 Å². The monoisotopic (exact) mass is 319 g/mol. The molecule has 5 nitrogen and oxygen atoms in total. The fourth-order valence-corrected chi connectivity index (χ4v) is 4.11. The SMILES string of the molecule is CC(c1cccnc1)P(=O)(O)CC(C(=O)O)c1ccccc1. The first-order valence-electron chi connectivity index (χ1n) is 6.91. The van der Waals surface area contributed by atoms with E-state index in [1.54, 1.807) is 55.6 Å². The lowest BCUT2D eigenvalue weighted by Gasteiger charge is -2.23. The summed E-state index contributed by atoms with van der Waals surface area (Å²) in [5, 5.41) is 9.40. The number of nitrogens with zero attached hydrogens (tertiary/aromatic N) is 1. The molecule has 0 saturated heterocycles. The predicted octanol–water partition coefficient (Wildman–Crippen LogP) is 3.28. The summed E-state index contributed by atoms with van der Waals surface area (Å²) in [6.07, 6.45) is 2.82. The van der Waals surface area contributed by atoms with Crippen LogP contribution in [0.2, 0.25) is 0 Å². The first-order chi connectivity index (χ1) is 10.4. The smallest absolute Gasteiger partial charge is 0.311 e. The first kappa shape index (κ1) is 16.4. The second-order valence-electron chi connectivity index (χ2n) is 5.20. The van der Waals surface area contributed by atoms with E-state index < -0.39 is 24.9 Å². The summed E-state index contributed by atoms with van der Waals surface area (Å²) in [4.78, 5) is 25.8. The van der Waals surface area contributed by atoms with E-state index in [0.717, 1.165) is 0 Å². The van der Waals surface area contributed by atoms with Gasteiger partial charge >= 0.3 is 5.97 Å². The molecular formula is C16H18NO4P. The minimum absolute atomic E-state index is 0.303. The molecule has 116 valence electrons. The van der Waals surface area contributed by atoms with Gasteiger partial charge < -0.3 is 10.00 Å². The van der Waals surface area contributed by atoms with Gasteiger partial charge in [0.1, 0.15) is 0 Å². The molecule has 0 fully saturated rings. The number of carboxylic acids is 1. The zero-order valence-electron chi connectivity index (χ0n) is 12.2. The summed E-state index contributed by atoms with van der Waals surface area (Å²) in [6, 6.07) is 12.0. The number of aliphatic carboxylic acids is 1. The molecule has 3 unspecified atom stereocenters. The van der Waals surface area contributed by atoms with Crippen molar-refractivity contribution in [3.63, 3.8) is 0 Å². The quantitative estimate of drug-likeness (QED) is 0.798. The third-order valence-corrected chi connectivity index (χ3v) is 6.11. The van der Waals surface area contributed by atoms with Gasteiger partial charge in [0.05, 0.1) is 11.6 Å². The van der Waals surface area contributed by atoms with E-state index in [2.05, 4.69) is 4.98 Å². The first-order valence-corrected chi connectivity index (χ1v) is 8.82. The largest absolute Gasteiger partial charge is 0.481 e. The molecule has 1 aromatic heterocycles. The highest BCUT2D eigenvalue weighted by Gasteiger charge is 2.35. The van der Waals surface area contributed by atoms with E-state index >= 15 is 0 Å². The minimum atomic E-state index is -3.70. The molecule has 0 saturated carbocycles. The van der Waals surface area contributed by atoms with Crippen LogP contribution in [0.4, 0.5) is 0 Å². The Labute approximate surface area is 129 Å². The lowest BCUT2D eigenvalue weighted by atomic mass is 10.0. The van der Waals surface area contributed by atoms with Crippen molar-refractivity contribution in [1.29, 1.82) is 0 Å². The number of carbonyl (C=O) groups is 1. The number of rotatable bonds is 6. The fourth-order valence-electron chi connectivity index (χ4n) is 2.29. The van der Waals surface area contributed by atoms with Crippen molar-refractivity contribution in [3.05, 3.63) is 66.0 Å². The number of pyridine rings is 1. The molecule has 0 aliphatic carbocycles. The number of benzene rings is 1. The second kappa shape index (κ2) is 6.86. The van der Waals surface area contributed by atoms with Gasteiger partial charge in [0, 0.05) is 18.6 Å². The maximum atomic E-state index is 12.7. The number of aromatic nitrogens is 1. The van der Waals surface area contributed by atoms with Gasteiger partial charge in [-0.1, -0.05) is 36.4 Å². The Hall–Kier alpha value is -1.97. The molecule has 1 aromatic carbocycles. The molecule has 0 radical (unpaired) electrons. The summed E-state index contributed by atoms with van der Waals surface area (Å²) in [7, 11) is -3.70. The van der Waals surface area contributed by atoms with E-state index in [0.29, 0.717) is 11.1 Å². The summed E-state index contributed by atoms with van der Waals surface area (Å²) >= 11 is 0. The van der Waals surface area contributed by atoms with Gasteiger partial charge in [-0.3, -0.25) is 14.3 Å². The average molecular weight is 319 g/mol. The molecule has 0 bridgehead atoms. The van der Waals surface area contributed by atoms with Crippen molar-refractivity contribution in [2.45, 2.75) is 18.5 Å². The fraction of sp³-hybridized carbons (Fsp3) is 0.250. The van der Waals surface area contributed by atoms with Crippen LogP contribution in [0.3, 0.4) is 0 Å². The standard InChI is InChI=1S/C16H18NO4P/c1-12(14-8-5-9-17-10-14)22(20,21)11-15(16(18)19)13-6-3-2-4-7-13/h2-10,12,15H,11H2,1H3,(H,18,19)(H,20,21). The van der Waals surface area contributed by atoms with Gasteiger partial charge in [0.15, 0.2) is 0 Å². The van der Waals surface area contributed by atoms with Crippen molar-refractivity contribution in [1.82, 2.24) is 4.98 Å². The van der Waals surface area contributed by atoms with Crippen molar-refractivity contribution in [3.8, 4) is 0 Å². The summed E-state index contributed by atoms with van der Waals surface area (Å²) in [6.45, 7) is 1.63. The summed E-state index contributed by atoms with van der Waals surface area (Å²) in [5.74, 6) is -2.10. The maximum Gasteiger partial charge on any atom is 0.311 e. The Bertz CT molecular complexity index is 675. The summed E-state index contributed by atoms with van der Waals surface area (Å²) < 4.78 is 12.7. The molecule has 0 spiro atoms. The average Bonchev–Trinajstić information content (AvgIpc) is 2.53. The van der Waals surface area contributed by atoms with E-state index in [1.807, 2.05) is 0 Å². The van der Waals surface area contributed by atoms with Gasteiger partial charge in [-0.15, -0.1) is 0 Å². The summed E-state index contributed by atoms with van der Waals surface area (Å²) in [5.41, 5.74) is 0.500. The lowest BCUT2D eigenvalue weighted by molar-refractivity contribution is -0.138. The number of carboxylic acid groups (broad SMARTS) is 1. The van der Waals surface area contributed by atoms with Crippen molar-refractivity contribution in [2.24, 2.45) is 0 Å². The number of hydrogen-bond acceptors (Lipinski definition) is 3. The highest BCUT2D eigenvalue weighted by atomic mass is 31.2. The van der Waals surface area contributed by atoms with Crippen LogP contribution in [0.15, 0.2) is 54.9 Å². The van der Waals surface area contributed by atoms with Gasteiger partial charge in [-0.05, 0) is 24.1 Å². The maximum absolute atomic E-state index is 12.7. The molecule has 2 N–H and O–H groups in total. The van der Waals surface area contributed by atoms with Crippen LogP contribution in [-0.4, -0.2) is 27.1 Å². The van der Waals surface area contributed by atoms with E-state index in [1.165, 1.54) is 6.20 Å². The topological polar surface area (TPSA) is 87.5 Å². The van der Waals surface area contributed by atoms with Crippen LogP contribution < -0.4 is 0 Å². The van der Waals surface area contributed by atoms with Crippen LogP contribution in [0.5, 0.6) is 0 Å². The highest BCUT2D eigenvalue weighted by Crippen LogP contribution is 2.57. The van der Waals surface area contributed by atoms with Gasteiger partial charge in [0.25, 0.3) is 0 Å². The van der Waals surface area contributed by atoms with Crippen LogP contribution in [-0.2, 0) is 9.36 Å². The lowest BCUT2D eigenvalue weighted by Crippen LogP contribution is -2.17. The molecule has 2 rings (SSSR count). The zero-order valence-corrected chi connectivity index (χ0v) is 13.1. The Morgan fingerprint density at radius 3 is 2.36 bits per heavy atom. The van der Waals surface area contributed by atoms with E-state index in [4.69, 9.17) is 0 Å². The zero-order chi connectivity index (χ0) is 16.2. The van der Waals surface area contributed by atoms with Gasteiger partial charge in [-0.2, -0.15) is 0 Å². The Morgan fingerprint density at radius 2 is 1.82 bits per heavy atom. The van der Waals surface area contributed by atoms with E-state index in [-0.39, 0.29) is 6.16 Å². The Balaban J connectivity index is 2.25. The Kier molecular flexibility index (Phi) is 5.11. The molecule has 2 aromatic rings. The predicted molar refractivity (Wildman–Crippen MR) is 84.2 cm³/mol. The van der Waals surface area contributed by atoms with Crippen molar-refractivity contribution >= 4 is 13.3 Å². The normalized spacial score (nSPS) is 16.5. The molecule has 1 heterocycles.